The van der Waals surface area contributed by atoms with Gasteiger partial charge >= 0.3 is 5.97 Å². The average molecular weight is 252 g/mol. The van der Waals surface area contributed by atoms with E-state index in [1.807, 2.05) is 12.3 Å². The smallest absolute Gasteiger partial charge is 0.354 e. The van der Waals surface area contributed by atoms with E-state index in [1.54, 1.807) is 23.5 Å². The molecule has 1 N–H and O–H groups in total. The van der Waals surface area contributed by atoms with E-state index in [-0.39, 0.29) is 5.69 Å². The number of thiazole rings is 1. The van der Waals surface area contributed by atoms with Gasteiger partial charge in [0.05, 0.1) is 0 Å². The number of carboxylic acids is 1. The van der Waals surface area contributed by atoms with Gasteiger partial charge in [0.25, 0.3) is 0 Å². The normalized spacial score (nSPS) is 10.3. The molecule has 0 atom stereocenters. The van der Waals surface area contributed by atoms with E-state index < -0.39 is 5.97 Å². The van der Waals surface area contributed by atoms with Crippen molar-refractivity contribution in [3.63, 3.8) is 0 Å². The first-order valence-electron chi connectivity index (χ1n) is 4.44. The number of aromatic nitrogens is 2. The third kappa shape index (κ3) is 2.59. The Bertz CT molecular complexity index is 525. The summed E-state index contributed by atoms with van der Waals surface area (Å²) < 4.78 is 0.903. The molecular weight excluding hydrogens is 244 g/mol. The highest BCUT2D eigenvalue weighted by Crippen LogP contribution is 2.30. The second-order valence-corrected chi connectivity index (χ2v) is 5.22. The van der Waals surface area contributed by atoms with E-state index in [9.17, 15) is 4.79 Å². The molecule has 0 saturated carbocycles. The van der Waals surface area contributed by atoms with Crippen molar-refractivity contribution in [2.75, 3.05) is 0 Å². The predicted molar refractivity (Wildman–Crippen MR) is 62.2 cm³/mol. The maximum absolute atomic E-state index is 10.7. The lowest BCUT2D eigenvalue weighted by atomic mass is 10.4. The number of hydrogen-bond acceptors (Lipinski definition) is 5. The zero-order chi connectivity index (χ0) is 11.5. The van der Waals surface area contributed by atoms with Gasteiger partial charge in [-0.05, 0) is 19.1 Å². The molecule has 2 rings (SSSR count). The Morgan fingerprint density at radius 1 is 1.56 bits per heavy atom. The number of nitrogens with zero attached hydrogens (tertiary/aromatic N) is 2. The van der Waals surface area contributed by atoms with Crippen LogP contribution in [0.2, 0.25) is 0 Å². The van der Waals surface area contributed by atoms with Crippen LogP contribution in [0.25, 0.3) is 0 Å². The van der Waals surface area contributed by atoms with Crippen LogP contribution in [0.15, 0.2) is 32.9 Å². The monoisotopic (exact) mass is 252 g/mol. The number of rotatable bonds is 3. The molecule has 0 aliphatic rings. The van der Waals surface area contributed by atoms with E-state index >= 15 is 0 Å². The van der Waals surface area contributed by atoms with Crippen LogP contribution in [0.1, 0.15) is 16.2 Å². The molecule has 0 spiro atoms. The molecule has 82 valence electrons. The van der Waals surface area contributed by atoms with Gasteiger partial charge in [0.15, 0.2) is 4.34 Å². The molecule has 0 amide bonds. The number of aromatic carboxylic acids is 1. The first-order chi connectivity index (χ1) is 7.65. The molecule has 2 aromatic rings. The minimum absolute atomic E-state index is 0.0540. The maximum atomic E-state index is 10.7. The van der Waals surface area contributed by atoms with Gasteiger partial charge in [-0.25, -0.2) is 14.8 Å². The van der Waals surface area contributed by atoms with Crippen molar-refractivity contribution in [2.24, 2.45) is 0 Å². The van der Waals surface area contributed by atoms with Crippen LogP contribution in [-0.2, 0) is 0 Å². The standard InChI is InChI=1S/C10H8N2O2S2/c1-6-5-15-10(12-6)16-7-2-3-11-8(4-7)9(13)14/h2-5H,1H3,(H,13,14). The molecule has 0 aliphatic heterocycles. The molecule has 0 fully saturated rings. The van der Waals surface area contributed by atoms with Gasteiger partial charge in [0.2, 0.25) is 0 Å². The molecule has 0 radical (unpaired) electrons. The van der Waals surface area contributed by atoms with E-state index in [4.69, 9.17) is 5.11 Å². The van der Waals surface area contributed by atoms with Crippen molar-refractivity contribution < 1.29 is 9.90 Å². The highest BCUT2D eigenvalue weighted by atomic mass is 32.2. The van der Waals surface area contributed by atoms with Crippen molar-refractivity contribution in [3.05, 3.63) is 35.1 Å². The minimum atomic E-state index is -1.02. The fourth-order valence-corrected chi connectivity index (χ4v) is 2.91. The Balaban J connectivity index is 2.21. The van der Waals surface area contributed by atoms with Gasteiger partial charge in [0.1, 0.15) is 5.69 Å². The zero-order valence-corrected chi connectivity index (χ0v) is 10.0. The van der Waals surface area contributed by atoms with Gasteiger partial charge in [-0.1, -0.05) is 11.8 Å². The Kier molecular flexibility index (Phi) is 3.21. The summed E-state index contributed by atoms with van der Waals surface area (Å²) in [5.74, 6) is -1.02. The number of carboxylic acid groups (broad SMARTS) is 1. The van der Waals surface area contributed by atoms with Crippen molar-refractivity contribution in [3.8, 4) is 0 Å². The summed E-state index contributed by atoms with van der Waals surface area (Å²) >= 11 is 2.99. The highest BCUT2D eigenvalue weighted by molar-refractivity contribution is 8.01. The number of aryl methyl sites for hydroxylation is 1. The third-order valence-corrected chi connectivity index (χ3v) is 3.80. The largest absolute Gasteiger partial charge is 0.477 e. The summed E-state index contributed by atoms with van der Waals surface area (Å²) in [7, 11) is 0. The molecule has 0 unspecified atom stereocenters. The van der Waals surface area contributed by atoms with E-state index in [2.05, 4.69) is 9.97 Å². The molecule has 4 nitrogen and oxygen atoms in total. The Hall–Kier alpha value is -1.40. The Morgan fingerprint density at radius 2 is 2.38 bits per heavy atom. The summed E-state index contributed by atoms with van der Waals surface area (Å²) in [6, 6.07) is 3.32. The van der Waals surface area contributed by atoms with Crippen LogP contribution in [0.4, 0.5) is 0 Å². The average Bonchev–Trinajstić information content (AvgIpc) is 2.64. The van der Waals surface area contributed by atoms with Crippen molar-refractivity contribution >= 4 is 29.1 Å². The van der Waals surface area contributed by atoms with Gasteiger partial charge < -0.3 is 5.11 Å². The lowest BCUT2D eigenvalue weighted by molar-refractivity contribution is 0.0690. The van der Waals surface area contributed by atoms with Gasteiger partial charge in [0, 0.05) is 22.2 Å². The Morgan fingerprint density at radius 3 is 3.00 bits per heavy atom. The lowest BCUT2D eigenvalue weighted by Gasteiger charge is -1.98. The SMILES string of the molecule is Cc1csc(Sc2ccnc(C(=O)O)c2)n1. The number of carbonyl (C=O) groups is 1. The molecule has 0 aromatic carbocycles. The first kappa shape index (κ1) is 11.1. The Labute approximate surface area is 100 Å². The van der Waals surface area contributed by atoms with Crippen LogP contribution < -0.4 is 0 Å². The molecule has 16 heavy (non-hydrogen) atoms. The van der Waals surface area contributed by atoms with Crippen molar-refractivity contribution in [1.29, 1.82) is 0 Å². The molecular formula is C10H8N2O2S2. The maximum Gasteiger partial charge on any atom is 0.354 e. The highest BCUT2D eigenvalue weighted by Gasteiger charge is 2.07. The zero-order valence-electron chi connectivity index (χ0n) is 8.38. The molecule has 6 heteroatoms. The van der Waals surface area contributed by atoms with Gasteiger partial charge in [-0.2, -0.15) is 0 Å². The van der Waals surface area contributed by atoms with E-state index in [0.29, 0.717) is 0 Å². The minimum Gasteiger partial charge on any atom is -0.477 e. The second-order valence-electron chi connectivity index (χ2n) is 3.04. The van der Waals surface area contributed by atoms with Crippen molar-refractivity contribution in [2.45, 2.75) is 16.2 Å². The fraction of sp³-hybridized carbons (Fsp3) is 0.100. The molecule has 0 bridgehead atoms. The summed E-state index contributed by atoms with van der Waals surface area (Å²) in [4.78, 5) is 19.6. The topological polar surface area (TPSA) is 63.1 Å². The van der Waals surface area contributed by atoms with Crippen LogP contribution in [0.3, 0.4) is 0 Å². The van der Waals surface area contributed by atoms with E-state index in [1.165, 1.54) is 18.0 Å². The fourth-order valence-electron chi connectivity index (χ4n) is 1.07. The first-order valence-corrected chi connectivity index (χ1v) is 6.14. The summed E-state index contributed by atoms with van der Waals surface area (Å²) in [5, 5.41) is 10.8. The van der Waals surface area contributed by atoms with Gasteiger partial charge in [-0.3, -0.25) is 0 Å². The molecule has 0 aliphatic carbocycles. The summed E-state index contributed by atoms with van der Waals surface area (Å²) in [6.07, 6.45) is 1.49. The predicted octanol–water partition coefficient (Wildman–Crippen LogP) is 2.70. The summed E-state index contributed by atoms with van der Waals surface area (Å²) in [6.45, 7) is 1.93. The van der Waals surface area contributed by atoms with Crippen LogP contribution in [0.5, 0.6) is 0 Å². The lowest BCUT2D eigenvalue weighted by Crippen LogP contribution is -1.99. The van der Waals surface area contributed by atoms with Crippen molar-refractivity contribution in [1.82, 2.24) is 9.97 Å². The number of hydrogen-bond donors (Lipinski definition) is 1. The quantitative estimate of drug-likeness (QED) is 0.910. The summed E-state index contributed by atoms with van der Waals surface area (Å²) in [5.41, 5.74) is 1.03. The van der Waals surface area contributed by atoms with Crippen LogP contribution in [-0.4, -0.2) is 21.0 Å². The molecule has 0 saturated heterocycles. The van der Waals surface area contributed by atoms with Gasteiger partial charge in [-0.15, -0.1) is 11.3 Å². The van der Waals surface area contributed by atoms with E-state index in [0.717, 1.165) is 14.9 Å². The number of pyridine rings is 1. The molecule has 2 heterocycles. The second kappa shape index (κ2) is 4.63. The third-order valence-electron chi connectivity index (χ3n) is 1.75. The van der Waals surface area contributed by atoms with Crippen LogP contribution >= 0.6 is 23.1 Å². The van der Waals surface area contributed by atoms with Crippen LogP contribution in [0, 0.1) is 6.92 Å². The molecule has 2 aromatic heterocycles.